The van der Waals surface area contributed by atoms with Crippen LogP contribution in [0.4, 0.5) is 28.9 Å². The Morgan fingerprint density at radius 3 is 2.40 bits per heavy atom. The van der Waals surface area contributed by atoms with Gasteiger partial charge in [0, 0.05) is 26.6 Å². The van der Waals surface area contributed by atoms with Crippen molar-refractivity contribution in [1.82, 2.24) is 9.55 Å². The third-order valence-corrected chi connectivity index (χ3v) is 10.3. The van der Waals surface area contributed by atoms with Gasteiger partial charge in [-0.3, -0.25) is 13.9 Å². The summed E-state index contributed by atoms with van der Waals surface area (Å²) in [6, 6.07) is 12.5. The van der Waals surface area contributed by atoms with Crippen LogP contribution in [-0.4, -0.2) is 54.7 Å². The number of alkyl halides is 3. The number of nitrogens with zero attached hydrogens (tertiary/aromatic N) is 3. The molecule has 5 rings (SSSR count). The largest absolute Gasteiger partial charge is 0.481 e. The van der Waals surface area contributed by atoms with Gasteiger partial charge >= 0.3 is 12.1 Å². The van der Waals surface area contributed by atoms with Gasteiger partial charge in [-0.25, -0.2) is 17.8 Å². The highest BCUT2D eigenvalue weighted by molar-refractivity contribution is 7.92. The molecule has 2 N–H and O–H groups in total. The average molecular weight is 677 g/mol. The number of aromatic nitrogens is 2. The minimum absolute atomic E-state index is 0.0188. The first-order chi connectivity index (χ1) is 22.1. The summed E-state index contributed by atoms with van der Waals surface area (Å²) >= 11 is 0. The van der Waals surface area contributed by atoms with Gasteiger partial charge in [-0.15, -0.1) is 0 Å². The first-order valence-electron chi connectivity index (χ1n) is 14.6. The summed E-state index contributed by atoms with van der Waals surface area (Å²) in [5.74, 6) is -6.79. The van der Waals surface area contributed by atoms with Crippen molar-refractivity contribution in [1.29, 1.82) is 0 Å². The molecule has 1 aromatic heterocycles. The van der Waals surface area contributed by atoms with Crippen molar-refractivity contribution < 1.29 is 45.4 Å². The quantitative estimate of drug-likeness (QED) is 0.215. The van der Waals surface area contributed by atoms with Gasteiger partial charge in [0.05, 0.1) is 57.1 Å². The monoisotopic (exact) mass is 676 g/mol. The van der Waals surface area contributed by atoms with Crippen molar-refractivity contribution in [3.8, 4) is 0 Å². The minimum atomic E-state index is -4.79. The number of carboxylic acid groups (broad SMARTS) is 1. The molecule has 4 aromatic rings. The molecular weight excluding hydrogens is 644 g/mol. The molecule has 0 saturated heterocycles. The Morgan fingerprint density at radius 2 is 1.79 bits per heavy atom. The molecule has 4 atom stereocenters. The molecule has 3 aromatic carbocycles. The maximum Gasteiger partial charge on any atom is 0.416 e. The van der Waals surface area contributed by atoms with Gasteiger partial charge in [-0.05, 0) is 73.9 Å². The van der Waals surface area contributed by atoms with Crippen molar-refractivity contribution in [2.45, 2.75) is 42.9 Å². The fourth-order valence-corrected chi connectivity index (χ4v) is 7.30. The van der Waals surface area contributed by atoms with Gasteiger partial charge in [-0.1, -0.05) is 12.1 Å². The van der Waals surface area contributed by atoms with Gasteiger partial charge < -0.3 is 19.7 Å². The molecule has 15 heteroatoms. The second-order valence-corrected chi connectivity index (χ2v) is 13.3. The highest BCUT2D eigenvalue weighted by atomic mass is 32.2. The molecule has 1 saturated carbocycles. The van der Waals surface area contributed by atoms with Crippen molar-refractivity contribution in [3.63, 3.8) is 0 Å². The number of hydrogen-bond donors (Lipinski definition) is 2. The van der Waals surface area contributed by atoms with E-state index in [1.165, 1.54) is 31.3 Å². The number of carboxylic acids is 1. The Bertz CT molecular complexity index is 1910. The Balaban J connectivity index is 1.41. The highest BCUT2D eigenvalue weighted by Gasteiger charge is 2.46. The van der Waals surface area contributed by atoms with Crippen LogP contribution >= 0.6 is 0 Å². The van der Waals surface area contributed by atoms with Gasteiger partial charge in [0.15, 0.2) is 0 Å². The predicted octanol–water partition coefficient (Wildman–Crippen LogP) is 5.79. The topological polar surface area (TPSA) is 131 Å². The Morgan fingerprint density at radius 1 is 1.09 bits per heavy atom. The molecule has 1 heterocycles. The normalized spacial score (nSPS) is 20.2. The Kier molecular flexibility index (Phi) is 9.33. The van der Waals surface area contributed by atoms with E-state index >= 15 is 0 Å². The molecule has 0 radical (unpaired) electrons. The predicted molar refractivity (Wildman–Crippen MR) is 165 cm³/mol. The van der Waals surface area contributed by atoms with E-state index in [0.29, 0.717) is 22.8 Å². The third-order valence-electron chi connectivity index (χ3n) is 8.52. The van der Waals surface area contributed by atoms with Crippen LogP contribution < -0.4 is 9.62 Å². The van der Waals surface area contributed by atoms with E-state index in [1.54, 1.807) is 43.1 Å². The molecule has 47 heavy (non-hydrogen) atoms. The maximum atomic E-state index is 14.6. The van der Waals surface area contributed by atoms with E-state index in [4.69, 9.17) is 4.74 Å². The zero-order valence-electron chi connectivity index (χ0n) is 25.5. The van der Waals surface area contributed by atoms with Crippen molar-refractivity contribution >= 4 is 44.3 Å². The van der Waals surface area contributed by atoms with E-state index in [9.17, 15) is 40.7 Å². The second-order valence-electron chi connectivity index (χ2n) is 11.4. The molecule has 0 bridgehead atoms. The molecular formula is C32H32F4N4O6S. The van der Waals surface area contributed by atoms with E-state index in [1.807, 2.05) is 0 Å². The van der Waals surface area contributed by atoms with Gasteiger partial charge in [0.1, 0.15) is 5.82 Å². The number of imidazole rings is 1. The van der Waals surface area contributed by atoms with Crippen molar-refractivity contribution in [3.05, 3.63) is 83.9 Å². The summed E-state index contributed by atoms with van der Waals surface area (Å²) in [5.41, 5.74) is 0.326. The number of fused-ring (bicyclic) bond motifs is 1. The molecule has 1 aliphatic carbocycles. The van der Waals surface area contributed by atoms with Gasteiger partial charge in [-0.2, -0.15) is 13.2 Å². The average Bonchev–Trinajstić information content (AvgIpc) is 3.40. The molecule has 10 nitrogen and oxygen atoms in total. The summed E-state index contributed by atoms with van der Waals surface area (Å²) in [6.45, 7) is 2.00. The maximum absolute atomic E-state index is 14.6. The van der Waals surface area contributed by atoms with Crippen LogP contribution in [0.5, 0.6) is 0 Å². The molecule has 1 aliphatic rings. The number of nitrogens with one attached hydrogen (secondary N) is 1. The number of carbonyl (C=O) groups excluding carboxylic acids is 1. The van der Waals surface area contributed by atoms with Crippen LogP contribution in [-0.2, 0) is 37.6 Å². The third kappa shape index (κ3) is 6.81. The molecule has 1 fully saturated rings. The number of anilines is 2. The summed E-state index contributed by atoms with van der Waals surface area (Å²) in [4.78, 5) is 30.3. The van der Waals surface area contributed by atoms with Crippen LogP contribution in [0.2, 0.25) is 0 Å². The van der Waals surface area contributed by atoms with E-state index < -0.39 is 69.0 Å². The number of rotatable bonds is 9. The Labute approximate surface area is 268 Å². The first-order valence-corrected chi connectivity index (χ1v) is 16.1. The van der Waals surface area contributed by atoms with Crippen molar-refractivity contribution in [2.24, 2.45) is 18.9 Å². The van der Waals surface area contributed by atoms with Crippen LogP contribution in [0, 0.1) is 17.7 Å². The minimum Gasteiger partial charge on any atom is -0.481 e. The van der Waals surface area contributed by atoms with Gasteiger partial charge in [0.2, 0.25) is 5.91 Å². The SMILES string of the molecule is CCO[C@@H]1C[C@H](c2ccc(N(C)S(=O)(=O)c3ccc4c(c3)ncn4C)cc2)[C@@H](C(=O)O)[C@H](C(=O)Nc2ccc(C(F)(F)F)cc2F)C1. The summed E-state index contributed by atoms with van der Waals surface area (Å²) in [6.07, 6.45) is -3.56. The molecule has 250 valence electrons. The van der Waals surface area contributed by atoms with Crippen LogP contribution in [0.3, 0.4) is 0 Å². The lowest BCUT2D eigenvalue weighted by Crippen LogP contribution is -2.45. The molecule has 0 spiro atoms. The standard InChI is InChI=1S/C32H32F4N4O6S/c1-4-46-21-14-23(29(31(42)43)24(15-21)30(41)38-26-11-7-19(13-25(26)33)32(34,35)36)18-5-8-20(9-6-18)40(3)47(44,45)22-10-12-28-27(16-22)37-17-39(28)2/h5-13,16-17,21,23-24,29H,4,14-15H2,1-3H3,(H,38,41)(H,42,43)/t21-,23-,24-,29-/m1/s1. The first kappa shape index (κ1) is 33.9. The Hall–Kier alpha value is -4.50. The molecule has 0 unspecified atom stereocenters. The van der Waals surface area contributed by atoms with Crippen LogP contribution in [0.15, 0.2) is 71.9 Å². The fraction of sp³-hybridized carbons (Fsp3) is 0.344. The van der Waals surface area contributed by atoms with Crippen LogP contribution in [0.25, 0.3) is 11.0 Å². The van der Waals surface area contributed by atoms with E-state index in [0.717, 1.165) is 15.9 Å². The number of amides is 1. The molecule has 0 aliphatic heterocycles. The number of aliphatic carboxylic acids is 1. The lowest BCUT2D eigenvalue weighted by Gasteiger charge is -2.39. The summed E-state index contributed by atoms with van der Waals surface area (Å²) in [7, 11) is -0.810. The number of benzene rings is 3. The lowest BCUT2D eigenvalue weighted by atomic mass is 9.67. The highest BCUT2D eigenvalue weighted by Crippen LogP contribution is 2.44. The lowest BCUT2D eigenvalue weighted by molar-refractivity contribution is -0.151. The number of ether oxygens (including phenoxy) is 1. The van der Waals surface area contributed by atoms with Crippen molar-refractivity contribution in [2.75, 3.05) is 23.3 Å². The van der Waals surface area contributed by atoms with Crippen LogP contribution in [0.1, 0.15) is 36.8 Å². The molecule has 1 amide bonds. The van der Waals surface area contributed by atoms with E-state index in [-0.39, 0.29) is 30.4 Å². The number of sulfonamides is 1. The number of hydrogen-bond acceptors (Lipinski definition) is 6. The zero-order chi connectivity index (χ0) is 34.3. The number of aryl methyl sites for hydroxylation is 1. The zero-order valence-corrected chi connectivity index (χ0v) is 26.3. The van der Waals surface area contributed by atoms with E-state index in [2.05, 4.69) is 10.3 Å². The smallest absolute Gasteiger partial charge is 0.416 e. The number of carbonyl (C=O) groups is 2. The second kappa shape index (κ2) is 13.0. The summed E-state index contributed by atoms with van der Waals surface area (Å²) < 4.78 is 89.1. The fourth-order valence-electron chi connectivity index (χ4n) is 6.09. The van der Waals surface area contributed by atoms with Gasteiger partial charge in [0.25, 0.3) is 10.0 Å². The summed E-state index contributed by atoms with van der Waals surface area (Å²) in [5, 5.41) is 12.6. The number of halogens is 4.